The van der Waals surface area contributed by atoms with Crippen molar-refractivity contribution in [1.29, 1.82) is 0 Å². The highest BCUT2D eigenvalue weighted by atomic mass is 19.4. The third-order valence-corrected chi connectivity index (χ3v) is 3.01. The highest BCUT2D eigenvalue weighted by Gasteiger charge is 2.32. The zero-order valence-corrected chi connectivity index (χ0v) is 11.3. The van der Waals surface area contributed by atoms with Crippen molar-refractivity contribution >= 4 is 0 Å². The van der Waals surface area contributed by atoms with Gasteiger partial charge in [-0.3, -0.25) is 0 Å². The second-order valence-electron chi connectivity index (χ2n) is 4.57. The molecule has 3 nitrogen and oxygen atoms in total. The quantitative estimate of drug-likeness (QED) is 0.933. The van der Waals surface area contributed by atoms with E-state index in [1.54, 1.807) is 0 Å². The van der Waals surface area contributed by atoms with Gasteiger partial charge < -0.3 is 5.32 Å². The van der Waals surface area contributed by atoms with Gasteiger partial charge in [0.05, 0.1) is 17.4 Å². The molecule has 0 aliphatic rings. The molecule has 0 unspecified atom stereocenters. The van der Waals surface area contributed by atoms with E-state index < -0.39 is 11.7 Å². The normalized spacial score (nSPS) is 11.8. The first-order valence-corrected chi connectivity index (χ1v) is 6.34. The Morgan fingerprint density at radius 3 is 2.65 bits per heavy atom. The molecule has 1 N–H and O–H groups in total. The third-order valence-electron chi connectivity index (χ3n) is 3.01. The molecule has 2 rings (SSSR count). The monoisotopic (exact) mass is 283 g/mol. The number of alkyl halides is 3. The van der Waals surface area contributed by atoms with E-state index in [1.165, 1.54) is 4.68 Å². The maximum atomic E-state index is 12.6. The predicted octanol–water partition coefficient (Wildman–Crippen LogP) is 3.31. The first-order chi connectivity index (χ1) is 9.41. The van der Waals surface area contributed by atoms with Crippen molar-refractivity contribution in [3.8, 4) is 5.69 Å². The van der Waals surface area contributed by atoms with E-state index in [2.05, 4.69) is 10.4 Å². The molecule has 0 saturated heterocycles. The molecular weight excluding hydrogens is 267 g/mol. The van der Waals surface area contributed by atoms with Gasteiger partial charge in [-0.15, -0.1) is 0 Å². The van der Waals surface area contributed by atoms with Crippen LogP contribution in [0.5, 0.6) is 0 Å². The number of hydrogen-bond acceptors (Lipinski definition) is 2. The number of aryl methyl sites for hydroxylation is 1. The molecule has 1 aromatic heterocycles. The van der Waals surface area contributed by atoms with Crippen LogP contribution in [0.1, 0.15) is 23.6 Å². The van der Waals surface area contributed by atoms with E-state index in [0.717, 1.165) is 30.1 Å². The summed E-state index contributed by atoms with van der Waals surface area (Å²) in [5.41, 5.74) is 1.81. The smallest absolute Gasteiger partial charge is 0.313 e. The summed E-state index contributed by atoms with van der Waals surface area (Å²) >= 11 is 0. The number of hydrogen-bond donors (Lipinski definition) is 1. The topological polar surface area (TPSA) is 29.9 Å². The van der Waals surface area contributed by atoms with E-state index >= 15 is 0 Å². The minimum absolute atomic E-state index is 0.663. The van der Waals surface area contributed by atoms with Gasteiger partial charge in [0.2, 0.25) is 0 Å². The van der Waals surface area contributed by atoms with Crippen LogP contribution in [0, 0.1) is 6.92 Å². The lowest BCUT2D eigenvalue weighted by atomic mass is 10.1. The summed E-state index contributed by atoms with van der Waals surface area (Å²) in [4.78, 5) is 0. The Hall–Kier alpha value is -1.82. The van der Waals surface area contributed by atoms with E-state index in [0.29, 0.717) is 12.2 Å². The molecule has 1 heterocycles. The number of rotatable bonds is 4. The molecule has 0 spiro atoms. The predicted molar refractivity (Wildman–Crippen MR) is 70.7 cm³/mol. The zero-order valence-electron chi connectivity index (χ0n) is 11.3. The van der Waals surface area contributed by atoms with Gasteiger partial charge in [0.15, 0.2) is 0 Å². The molecule has 0 atom stereocenters. The van der Waals surface area contributed by atoms with E-state index in [1.807, 2.05) is 32.0 Å². The average molecular weight is 283 g/mol. The standard InChI is InChI=1S/C14H16F3N3/c1-3-18-7-11-5-4-10(2)13(6-11)20-9-12(8-19-20)14(15,16)17/h4-6,8-9,18H,3,7H2,1-2H3. The van der Waals surface area contributed by atoms with Crippen LogP contribution < -0.4 is 5.32 Å². The molecule has 0 bridgehead atoms. The average Bonchev–Trinajstić information content (AvgIpc) is 2.87. The first-order valence-electron chi connectivity index (χ1n) is 6.34. The van der Waals surface area contributed by atoms with Gasteiger partial charge >= 0.3 is 6.18 Å². The Kier molecular flexibility index (Phi) is 4.13. The lowest BCUT2D eigenvalue weighted by Gasteiger charge is -2.09. The van der Waals surface area contributed by atoms with Gasteiger partial charge in [0.25, 0.3) is 0 Å². The van der Waals surface area contributed by atoms with E-state index in [9.17, 15) is 13.2 Å². The van der Waals surface area contributed by atoms with Crippen molar-refractivity contribution in [2.45, 2.75) is 26.6 Å². The fourth-order valence-corrected chi connectivity index (χ4v) is 1.88. The van der Waals surface area contributed by atoms with Crippen LogP contribution in [0.15, 0.2) is 30.6 Å². The summed E-state index contributed by atoms with van der Waals surface area (Å²) in [6, 6.07) is 5.69. The van der Waals surface area contributed by atoms with Crippen LogP contribution in [0.25, 0.3) is 5.69 Å². The van der Waals surface area contributed by atoms with Gasteiger partial charge in [-0.2, -0.15) is 18.3 Å². The lowest BCUT2D eigenvalue weighted by molar-refractivity contribution is -0.137. The fraction of sp³-hybridized carbons (Fsp3) is 0.357. The fourth-order valence-electron chi connectivity index (χ4n) is 1.88. The minimum atomic E-state index is -4.37. The summed E-state index contributed by atoms with van der Waals surface area (Å²) in [5.74, 6) is 0. The van der Waals surface area contributed by atoms with E-state index in [-0.39, 0.29) is 0 Å². The molecule has 6 heteroatoms. The van der Waals surface area contributed by atoms with Crippen LogP contribution in [0.4, 0.5) is 13.2 Å². The molecule has 0 fully saturated rings. The Labute approximate surface area is 115 Å². The van der Waals surface area contributed by atoms with E-state index in [4.69, 9.17) is 0 Å². The van der Waals surface area contributed by atoms with Crippen molar-refractivity contribution in [3.63, 3.8) is 0 Å². The maximum absolute atomic E-state index is 12.6. The molecular formula is C14H16F3N3. The largest absolute Gasteiger partial charge is 0.419 e. The van der Waals surface area contributed by atoms with Gasteiger partial charge in [0.1, 0.15) is 0 Å². The van der Waals surface area contributed by atoms with Crippen LogP contribution >= 0.6 is 0 Å². The molecule has 0 aliphatic heterocycles. The molecule has 2 aromatic rings. The highest BCUT2D eigenvalue weighted by Crippen LogP contribution is 2.29. The summed E-state index contributed by atoms with van der Waals surface area (Å²) in [5, 5.41) is 6.99. The summed E-state index contributed by atoms with van der Waals surface area (Å²) in [6.45, 7) is 5.36. The van der Waals surface area contributed by atoms with Crippen LogP contribution in [0.3, 0.4) is 0 Å². The number of nitrogens with one attached hydrogen (secondary N) is 1. The van der Waals surface area contributed by atoms with Crippen LogP contribution in [-0.4, -0.2) is 16.3 Å². The van der Waals surface area contributed by atoms with Gasteiger partial charge in [0, 0.05) is 12.7 Å². The Bertz CT molecular complexity index is 588. The minimum Gasteiger partial charge on any atom is -0.313 e. The molecule has 108 valence electrons. The Balaban J connectivity index is 2.34. The number of halogens is 3. The summed E-state index contributed by atoms with van der Waals surface area (Å²) in [6.07, 6.45) is -2.51. The number of aromatic nitrogens is 2. The zero-order chi connectivity index (χ0) is 14.8. The van der Waals surface area contributed by atoms with Crippen LogP contribution in [0.2, 0.25) is 0 Å². The number of benzene rings is 1. The highest BCUT2D eigenvalue weighted by molar-refractivity contribution is 5.43. The molecule has 0 amide bonds. The van der Waals surface area contributed by atoms with Crippen molar-refractivity contribution in [2.75, 3.05) is 6.54 Å². The Morgan fingerprint density at radius 1 is 1.30 bits per heavy atom. The van der Waals surface area contributed by atoms with Gasteiger partial charge in [-0.05, 0) is 30.7 Å². The van der Waals surface area contributed by atoms with Gasteiger partial charge in [-0.1, -0.05) is 19.1 Å². The van der Waals surface area contributed by atoms with Crippen molar-refractivity contribution < 1.29 is 13.2 Å². The second-order valence-corrected chi connectivity index (χ2v) is 4.57. The summed E-state index contributed by atoms with van der Waals surface area (Å²) in [7, 11) is 0. The van der Waals surface area contributed by atoms with Crippen molar-refractivity contribution in [2.24, 2.45) is 0 Å². The van der Waals surface area contributed by atoms with Gasteiger partial charge in [-0.25, -0.2) is 4.68 Å². The van der Waals surface area contributed by atoms with Crippen LogP contribution in [-0.2, 0) is 12.7 Å². The molecule has 1 aromatic carbocycles. The molecule has 0 aliphatic carbocycles. The SMILES string of the molecule is CCNCc1ccc(C)c(-n2cc(C(F)(F)F)cn2)c1. The maximum Gasteiger partial charge on any atom is 0.419 e. The molecule has 0 radical (unpaired) electrons. The third kappa shape index (κ3) is 3.19. The Morgan fingerprint density at radius 2 is 2.05 bits per heavy atom. The molecule has 0 saturated carbocycles. The van der Waals surface area contributed by atoms with Crippen molar-refractivity contribution in [1.82, 2.24) is 15.1 Å². The number of nitrogens with zero attached hydrogens (tertiary/aromatic N) is 2. The van der Waals surface area contributed by atoms with Crippen molar-refractivity contribution in [3.05, 3.63) is 47.3 Å². The molecule has 20 heavy (non-hydrogen) atoms. The lowest BCUT2D eigenvalue weighted by Crippen LogP contribution is -2.12. The second kappa shape index (κ2) is 5.66. The first kappa shape index (κ1) is 14.6. The summed E-state index contributed by atoms with van der Waals surface area (Å²) < 4.78 is 39.1.